The summed E-state index contributed by atoms with van der Waals surface area (Å²) in [4.78, 5) is 1.51. The Hall–Kier alpha value is -0.600. The van der Waals surface area contributed by atoms with Gasteiger partial charge in [-0.15, -0.1) is 28.3 Å². The molecule has 0 amide bonds. The molecule has 0 atom stereocenters. The summed E-state index contributed by atoms with van der Waals surface area (Å²) in [6.07, 6.45) is 2.32. The first-order valence-electron chi connectivity index (χ1n) is 7.17. The minimum Gasteiger partial charge on any atom is -0.148 e. The molecule has 0 spiro atoms. The predicted molar refractivity (Wildman–Crippen MR) is 96.7 cm³/mol. The maximum Gasteiger partial charge on any atom is 0.0291 e. The molecule has 0 aliphatic heterocycles. The molecule has 0 unspecified atom stereocenters. The van der Waals surface area contributed by atoms with Crippen LogP contribution in [0.2, 0.25) is 0 Å². The van der Waals surface area contributed by atoms with Gasteiger partial charge < -0.3 is 0 Å². The molecule has 0 saturated heterocycles. The number of hydrogen-bond donors (Lipinski definition) is 0. The molecular weight excluding hydrogens is 328 g/mol. The van der Waals surface area contributed by atoms with E-state index in [9.17, 15) is 0 Å². The van der Waals surface area contributed by atoms with Crippen molar-refractivity contribution in [3.63, 3.8) is 0 Å². The van der Waals surface area contributed by atoms with Crippen LogP contribution in [0.25, 0.3) is 0 Å². The standard InChI is InChI=1S/C18H24S.BrH/c1-6-18(7-2,17-10-13(3)12-19-17)16-9-8-14(4)15(5)11-16;/h8-12H,6-7H2,1-5H3;1H. The molecule has 2 heteroatoms. The van der Waals surface area contributed by atoms with Crippen LogP contribution >= 0.6 is 28.3 Å². The third-order valence-electron chi connectivity index (χ3n) is 4.47. The summed E-state index contributed by atoms with van der Waals surface area (Å²) in [7, 11) is 0. The molecule has 0 saturated carbocycles. The highest BCUT2D eigenvalue weighted by Gasteiger charge is 2.32. The van der Waals surface area contributed by atoms with E-state index in [4.69, 9.17) is 0 Å². The first kappa shape index (κ1) is 17.5. The van der Waals surface area contributed by atoms with Crippen LogP contribution in [0.3, 0.4) is 0 Å². The van der Waals surface area contributed by atoms with Gasteiger partial charge in [0, 0.05) is 10.3 Å². The molecule has 0 fully saturated rings. The second kappa shape index (κ2) is 6.91. The zero-order chi connectivity index (χ0) is 14.0. The SMILES string of the molecule is Br.CCC(CC)(c1ccc(C)c(C)c1)c1cc(C)cs1. The van der Waals surface area contributed by atoms with Crippen LogP contribution in [0, 0.1) is 20.8 Å². The smallest absolute Gasteiger partial charge is 0.0291 e. The lowest BCUT2D eigenvalue weighted by Crippen LogP contribution is -2.25. The second-order valence-corrected chi connectivity index (χ2v) is 6.49. The average Bonchev–Trinajstić information content (AvgIpc) is 2.83. The van der Waals surface area contributed by atoms with Gasteiger partial charge in [-0.25, -0.2) is 0 Å². The maximum absolute atomic E-state index is 2.39. The summed E-state index contributed by atoms with van der Waals surface area (Å²) >= 11 is 1.91. The molecule has 1 aromatic carbocycles. The van der Waals surface area contributed by atoms with Crippen molar-refractivity contribution < 1.29 is 0 Å². The minimum absolute atomic E-state index is 0. The Morgan fingerprint density at radius 3 is 2.05 bits per heavy atom. The number of rotatable bonds is 4. The Labute approximate surface area is 138 Å². The maximum atomic E-state index is 2.39. The fourth-order valence-corrected chi connectivity index (χ4v) is 4.14. The first-order chi connectivity index (χ1) is 9.03. The fraction of sp³-hybridized carbons (Fsp3) is 0.444. The highest BCUT2D eigenvalue weighted by molar-refractivity contribution is 8.93. The van der Waals surface area contributed by atoms with Crippen molar-refractivity contribution in [2.75, 3.05) is 0 Å². The van der Waals surface area contributed by atoms with Crippen molar-refractivity contribution >= 4 is 28.3 Å². The van der Waals surface area contributed by atoms with Gasteiger partial charge in [0.05, 0.1) is 0 Å². The van der Waals surface area contributed by atoms with Crippen molar-refractivity contribution in [3.05, 3.63) is 56.8 Å². The van der Waals surface area contributed by atoms with Crippen LogP contribution in [-0.4, -0.2) is 0 Å². The summed E-state index contributed by atoms with van der Waals surface area (Å²) < 4.78 is 0. The van der Waals surface area contributed by atoms with Gasteiger partial charge in [0.25, 0.3) is 0 Å². The summed E-state index contributed by atoms with van der Waals surface area (Å²) in [6, 6.07) is 9.35. The zero-order valence-corrected chi connectivity index (χ0v) is 15.6. The molecule has 0 bridgehead atoms. The molecule has 0 nitrogen and oxygen atoms in total. The van der Waals surface area contributed by atoms with Crippen molar-refractivity contribution in [2.24, 2.45) is 0 Å². The average molecular weight is 353 g/mol. The molecule has 0 aliphatic rings. The molecule has 2 rings (SSSR count). The number of benzene rings is 1. The van der Waals surface area contributed by atoms with E-state index < -0.39 is 0 Å². The number of thiophene rings is 1. The largest absolute Gasteiger partial charge is 0.148 e. The summed E-state index contributed by atoms with van der Waals surface area (Å²) in [5.41, 5.74) is 5.83. The molecular formula is C18H25BrS. The lowest BCUT2D eigenvalue weighted by molar-refractivity contribution is 0.487. The first-order valence-corrected chi connectivity index (χ1v) is 8.04. The molecule has 1 aromatic heterocycles. The van der Waals surface area contributed by atoms with E-state index >= 15 is 0 Å². The van der Waals surface area contributed by atoms with E-state index in [1.165, 1.54) is 27.1 Å². The number of aryl methyl sites for hydroxylation is 3. The quantitative estimate of drug-likeness (QED) is 0.600. The van der Waals surface area contributed by atoms with E-state index in [2.05, 4.69) is 64.3 Å². The highest BCUT2D eigenvalue weighted by Crippen LogP contribution is 2.42. The summed E-state index contributed by atoms with van der Waals surface area (Å²) in [6.45, 7) is 11.2. The van der Waals surface area contributed by atoms with Crippen molar-refractivity contribution in [2.45, 2.75) is 52.9 Å². The van der Waals surface area contributed by atoms with Crippen LogP contribution in [0.15, 0.2) is 29.6 Å². The van der Waals surface area contributed by atoms with Gasteiger partial charge in [-0.2, -0.15) is 0 Å². The van der Waals surface area contributed by atoms with E-state index in [0.717, 1.165) is 12.8 Å². The van der Waals surface area contributed by atoms with Crippen LogP contribution in [-0.2, 0) is 5.41 Å². The molecule has 0 N–H and O–H groups in total. The topological polar surface area (TPSA) is 0 Å². The van der Waals surface area contributed by atoms with E-state index in [1.807, 2.05) is 11.3 Å². The second-order valence-electron chi connectivity index (χ2n) is 5.58. The zero-order valence-electron chi connectivity index (χ0n) is 13.1. The lowest BCUT2D eigenvalue weighted by atomic mass is 9.74. The Bertz CT molecular complexity index is 565. The van der Waals surface area contributed by atoms with Gasteiger partial charge in [-0.1, -0.05) is 32.0 Å². The Morgan fingerprint density at radius 1 is 0.950 bits per heavy atom. The number of hydrogen-bond acceptors (Lipinski definition) is 1. The highest BCUT2D eigenvalue weighted by atomic mass is 79.9. The van der Waals surface area contributed by atoms with Gasteiger partial charge in [0.1, 0.15) is 0 Å². The molecule has 1 heterocycles. The third-order valence-corrected chi connectivity index (χ3v) is 5.72. The molecule has 0 aliphatic carbocycles. The van der Waals surface area contributed by atoms with Gasteiger partial charge >= 0.3 is 0 Å². The van der Waals surface area contributed by atoms with Crippen molar-refractivity contribution in [1.29, 1.82) is 0 Å². The summed E-state index contributed by atoms with van der Waals surface area (Å²) in [5, 5.41) is 2.27. The third kappa shape index (κ3) is 3.01. The van der Waals surface area contributed by atoms with Crippen LogP contribution in [0.4, 0.5) is 0 Å². The van der Waals surface area contributed by atoms with Crippen molar-refractivity contribution in [3.8, 4) is 0 Å². The Balaban J connectivity index is 0.00000200. The number of halogens is 1. The fourth-order valence-electron chi connectivity index (χ4n) is 2.87. The van der Waals surface area contributed by atoms with Gasteiger partial charge in [0.2, 0.25) is 0 Å². The monoisotopic (exact) mass is 352 g/mol. The normalized spacial score (nSPS) is 11.2. The molecule has 0 radical (unpaired) electrons. The van der Waals surface area contributed by atoms with Crippen LogP contribution in [0.1, 0.15) is 53.8 Å². The molecule has 110 valence electrons. The van der Waals surface area contributed by atoms with Gasteiger partial charge in [0.15, 0.2) is 0 Å². The van der Waals surface area contributed by atoms with Crippen LogP contribution in [0.5, 0.6) is 0 Å². The summed E-state index contributed by atoms with van der Waals surface area (Å²) in [5.74, 6) is 0. The molecule has 2 aromatic rings. The Morgan fingerprint density at radius 2 is 1.60 bits per heavy atom. The molecule has 20 heavy (non-hydrogen) atoms. The minimum atomic E-state index is 0. The van der Waals surface area contributed by atoms with Gasteiger partial charge in [-0.3, -0.25) is 0 Å². The Kier molecular flexibility index (Phi) is 6.03. The van der Waals surface area contributed by atoms with E-state index in [0.29, 0.717) is 0 Å². The van der Waals surface area contributed by atoms with E-state index in [1.54, 1.807) is 0 Å². The predicted octanol–water partition coefficient (Wildman–Crippen LogP) is 6.36. The van der Waals surface area contributed by atoms with Gasteiger partial charge in [-0.05, 0) is 67.3 Å². The van der Waals surface area contributed by atoms with E-state index in [-0.39, 0.29) is 22.4 Å². The lowest BCUT2D eigenvalue weighted by Gasteiger charge is -2.32. The van der Waals surface area contributed by atoms with Crippen LogP contribution < -0.4 is 0 Å². The van der Waals surface area contributed by atoms with Crippen molar-refractivity contribution in [1.82, 2.24) is 0 Å².